The molecule has 1 saturated heterocycles. The number of carboxylic acid groups (broad SMARTS) is 1. The number of aromatic carboxylic acids is 1. The maximum atomic E-state index is 15.0. The standard InChI is InChI=1S/C22H22FN5O4S/c23-16-8-14-17(29)15(21(31)32)11-28(22-24-6-7-33-22)18(14)26-19(16)27-9-12(10-27)20(30)25-13-4-2-1-3-5-13/h6-8,11-13H,1-5,9-10H2,(H,25,30)(H,31,32). The summed E-state index contributed by atoms with van der Waals surface area (Å²) in [5.74, 6) is -2.40. The van der Waals surface area contributed by atoms with Gasteiger partial charge in [-0.15, -0.1) is 11.3 Å². The van der Waals surface area contributed by atoms with E-state index in [2.05, 4.69) is 15.3 Å². The quantitative estimate of drug-likeness (QED) is 0.587. The van der Waals surface area contributed by atoms with Crippen LogP contribution in [0.5, 0.6) is 0 Å². The van der Waals surface area contributed by atoms with Crippen molar-refractivity contribution in [2.24, 2.45) is 5.92 Å². The van der Waals surface area contributed by atoms with Crippen molar-refractivity contribution < 1.29 is 19.1 Å². The SMILES string of the molecule is O=C(O)c1cn(-c2nccs2)c2nc(N3CC(C(=O)NC4CCCCC4)C3)c(F)cc2c1=O. The van der Waals surface area contributed by atoms with E-state index in [1.54, 1.807) is 16.5 Å². The minimum absolute atomic E-state index is 0.0230. The molecule has 0 spiro atoms. The number of hydrogen-bond donors (Lipinski definition) is 2. The predicted octanol–water partition coefficient (Wildman–Crippen LogP) is 2.56. The first-order valence-corrected chi connectivity index (χ1v) is 11.7. The van der Waals surface area contributed by atoms with Crippen molar-refractivity contribution in [3.05, 3.63) is 45.4 Å². The Hall–Kier alpha value is -3.34. The molecule has 3 aromatic rings. The van der Waals surface area contributed by atoms with E-state index >= 15 is 0 Å². The maximum Gasteiger partial charge on any atom is 0.341 e. The normalized spacial score (nSPS) is 17.2. The summed E-state index contributed by atoms with van der Waals surface area (Å²) < 4.78 is 16.4. The van der Waals surface area contributed by atoms with Gasteiger partial charge in [-0.25, -0.2) is 19.2 Å². The lowest BCUT2D eigenvalue weighted by molar-refractivity contribution is -0.126. The van der Waals surface area contributed by atoms with Gasteiger partial charge in [0, 0.05) is 36.9 Å². The highest BCUT2D eigenvalue weighted by Crippen LogP contribution is 2.29. The van der Waals surface area contributed by atoms with Crippen LogP contribution in [0, 0.1) is 11.7 Å². The van der Waals surface area contributed by atoms with Crippen LogP contribution in [0.3, 0.4) is 0 Å². The number of amides is 1. The highest BCUT2D eigenvalue weighted by atomic mass is 32.1. The van der Waals surface area contributed by atoms with Crippen LogP contribution in [-0.2, 0) is 4.79 Å². The van der Waals surface area contributed by atoms with Gasteiger partial charge in [0.15, 0.2) is 22.4 Å². The van der Waals surface area contributed by atoms with Crippen molar-refractivity contribution in [2.45, 2.75) is 38.1 Å². The van der Waals surface area contributed by atoms with Crippen molar-refractivity contribution in [1.82, 2.24) is 19.9 Å². The van der Waals surface area contributed by atoms with Gasteiger partial charge in [0.2, 0.25) is 11.3 Å². The Labute approximate surface area is 191 Å². The number of pyridine rings is 2. The molecule has 2 fully saturated rings. The third-order valence-corrected chi connectivity index (χ3v) is 7.04. The number of carbonyl (C=O) groups is 2. The molecule has 9 nitrogen and oxygen atoms in total. The molecule has 0 aromatic carbocycles. The molecule has 11 heteroatoms. The van der Waals surface area contributed by atoms with Gasteiger partial charge in [-0.05, 0) is 18.9 Å². The lowest BCUT2D eigenvalue weighted by Crippen LogP contribution is -2.55. The number of carbonyl (C=O) groups excluding carboxylic acids is 1. The van der Waals surface area contributed by atoms with Crippen LogP contribution in [0.2, 0.25) is 0 Å². The molecule has 2 N–H and O–H groups in total. The first-order chi connectivity index (χ1) is 15.9. The molecule has 0 atom stereocenters. The fourth-order valence-corrected chi connectivity index (χ4v) is 5.07. The molecule has 2 aliphatic rings. The third kappa shape index (κ3) is 3.97. The van der Waals surface area contributed by atoms with Crippen LogP contribution >= 0.6 is 11.3 Å². The fraction of sp³-hybridized carbons (Fsp3) is 0.409. The van der Waals surface area contributed by atoms with Crippen LogP contribution < -0.4 is 15.6 Å². The molecule has 3 aromatic heterocycles. The van der Waals surface area contributed by atoms with E-state index in [1.165, 1.54) is 22.3 Å². The molecule has 0 bridgehead atoms. The molecule has 5 rings (SSSR count). The Balaban J connectivity index is 1.44. The summed E-state index contributed by atoms with van der Waals surface area (Å²) in [4.78, 5) is 47.0. The minimum Gasteiger partial charge on any atom is -0.477 e. The summed E-state index contributed by atoms with van der Waals surface area (Å²) in [6.45, 7) is 0.644. The van der Waals surface area contributed by atoms with Crippen LogP contribution in [0.25, 0.3) is 16.2 Å². The highest BCUT2D eigenvalue weighted by Gasteiger charge is 2.36. The largest absolute Gasteiger partial charge is 0.477 e. The number of anilines is 1. The molecule has 4 heterocycles. The summed E-state index contributed by atoms with van der Waals surface area (Å²) in [6.07, 6.45) is 8.15. The van der Waals surface area contributed by atoms with Crippen LogP contribution in [0.4, 0.5) is 10.2 Å². The smallest absolute Gasteiger partial charge is 0.341 e. The number of halogens is 1. The molecule has 1 saturated carbocycles. The Morgan fingerprint density at radius 3 is 2.64 bits per heavy atom. The number of hydrogen-bond acceptors (Lipinski definition) is 7. The first kappa shape index (κ1) is 21.5. The average molecular weight is 472 g/mol. The number of fused-ring (bicyclic) bond motifs is 1. The third-order valence-electron chi connectivity index (χ3n) is 6.27. The van der Waals surface area contributed by atoms with Gasteiger partial charge in [0.25, 0.3) is 0 Å². The second kappa shape index (κ2) is 8.54. The first-order valence-electron chi connectivity index (χ1n) is 10.9. The Morgan fingerprint density at radius 1 is 1.21 bits per heavy atom. The number of carboxylic acids is 1. The molecular weight excluding hydrogens is 449 g/mol. The summed E-state index contributed by atoms with van der Waals surface area (Å²) >= 11 is 1.23. The Morgan fingerprint density at radius 2 is 1.97 bits per heavy atom. The summed E-state index contributed by atoms with van der Waals surface area (Å²) in [5.41, 5.74) is -1.18. The average Bonchev–Trinajstić information content (AvgIpc) is 3.29. The van der Waals surface area contributed by atoms with Gasteiger partial charge < -0.3 is 15.3 Å². The number of rotatable bonds is 5. The lowest BCUT2D eigenvalue weighted by Gasteiger charge is -2.40. The molecule has 0 radical (unpaired) electrons. The number of nitrogens with zero attached hydrogens (tertiary/aromatic N) is 4. The van der Waals surface area contributed by atoms with Gasteiger partial charge in [-0.2, -0.15) is 0 Å². The zero-order chi connectivity index (χ0) is 23.1. The second-order valence-corrected chi connectivity index (χ2v) is 9.35. The van der Waals surface area contributed by atoms with Crippen LogP contribution in [0.15, 0.2) is 28.6 Å². The van der Waals surface area contributed by atoms with Gasteiger partial charge in [0.1, 0.15) is 5.56 Å². The highest BCUT2D eigenvalue weighted by molar-refractivity contribution is 7.12. The van der Waals surface area contributed by atoms with E-state index in [4.69, 9.17) is 0 Å². The zero-order valence-corrected chi connectivity index (χ0v) is 18.5. The van der Waals surface area contributed by atoms with E-state index in [9.17, 15) is 23.9 Å². The van der Waals surface area contributed by atoms with E-state index in [-0.39, 0.29) is 34.7 Å². The molecule has 1 aliphatic heterocycles. The molecular formula is C22H22FN5O4S. The Kier molecular flexibility index (Phi) is 5.57. The van der Waals surface area contributed by atoms with Crippen LogP contribution in [0.1, 0.15) is 42.5 Å². The van der Waals surface area contributed by atoms with E-state index in [1.807, 2.05) is 0 Å². The van der Waals surface area contributed by atoms with Crippen LogP contribution in [-0.4, -0.2) is 50.6 Å². The number of thiazole rings is 1. The molecule has 33 heavy (non-hydrogen) atoms. The summed E-state index contributed by atoms with van der Waals surface area (Å²) in [7, 11) is 0. The molecule has 0 unspecified atom stereocenters. The van der Waals surface area contributed by atoms with Gasteiger partial charge in [0.05, 0.1) is 11.3 Å². The monoisotopic (exact) mass is 471 g/mol. The maximum absolute atomic E-state index is 15.0. The summed E-state index contributed by atoms with van der Waals surface area (Å²) in [5, 5.41) is 14.5. The van der Waals surface area contributed by atoms with Crippen molar-refractivity contribution >= 4 is 40.1 Å². The van der Waals surface area contributed by atoms with E-state index in [0.717, 1.165) is 37.9 Å². The topological polar surface area (TPSA) is 117 Å². The number of nitrogens with one attached hydrogen (secondary N) is 1. The van der Waals surface area contributed by atoms with E-state index < -0.39 is 22.8 Å². The van der Waals surface area contributed by atoms with Gasteiger partial charge in [-0.3, -0.25) is 14.2 Å². The van der Waals surface area contributed by atoms with Gasteiger partial charge in [-0.1, -0.05) is 19.3 Å². The predicted molar refractivity (Wildman–Crippen MR) is 121 cm³/mol. The van der Waals surface area contributed by atoms with Crippen molar-refractivity contribution in [3.8, 4) is 5.13 Å². The molecule has 1 aliphatic carbocycles. The molecule has 172 valence electrons. The fourth-order valence-electron chi connectivity index (χ4n) is 4.45. The zero-order valence-electron chi connectivity index (χ0n) is 17.7. The van der Waals surface area contributed by atoms with Gasteiger partial charge >= 0.3 is 5.97 Å². The lowest BCUT2D eigenvalue weighted by atomic mass is 9.93. The van der Waals surface area contributed by atoms with Crippen molar-refractivity contribution in [2.75, 3.05) is 18.0 Å². The second-order valence-electron chi connectivity index (χ2n) is 8.47. The number of aromatic nitrogens is 3. The molecule has 1 amide bonds. The van der Waals surface area contributed by atoms with E-state index in [0.29, 0.717) is 18.2 Å². The van der Waals surface area contributed by atoms with Crippen molar-refractivity contribution in [3.63, 3.8) is 0 Å². The minimum atomic E-state index is -1.41. The Bertz CT molecular complexity index is 1280. The summed E-state index contributed by atoms with van der Waals surface area (Å²) in [6, 6.07) is 1.23. The van der Waals surface area contributed by atoms with Crippen molar-refractivity contribution in [1.29, 1.82) is 0 Å².